The molecule has 0 fully saturated rings. The van der Waals surface area contributed by atoms with Gasteiger partial charge in [-0.15, -0.1) is 11.3 Å². The lowest BCUT2D eigenvalue weighted by atomic mass is 9.97. The Kier molecular flexibility index (Phi) is 3.04. The molecule has 2 aromatic heterocycles. The van der Waals surface area contributed by atoms with Crippen molar-refractivity contribution in [2.45, 2.75) is 32.1 Å². The summed E-state index contributed by atoms with van der Waals surface area (Å²) < 4.78 is 0. The molecule has 90 valence electrons. The molecule has 17 heavy (non-hydrogen) atoms. The van der Waals surface area contributed by atoms with E-state index in [2.05, 4.69) is 25.9 Å². The SMILES string of the molecule is O=c1[nH]c(CCBr)nc2sc3c(c12)CCCC3. The van der Waals surface area contributed by atoms with Crippen LogP contribution in [0.5, 0.6) is 0 Å². The highest BCUT2D eigenvalue weighted by atomic mass is 79.9. The number of rotatable bonds is 2. The van der Waals surface area contributed by atoms with Gasteiger partial charge < -0.3 is 4.98 Å². The van der Waals surface area contributed by atoms with Gasteiger partial charge in [0.1, 0.15) is 10.7 Å². The fourth-order valence-corrected chi connectivity index (χ4v) is 4.07. The molecule has 0 saturated heterocycles. The molecule has 0 aliphatic heterocycles. The number of nitrogens with one attached hydrogen (secondary N) is 1. The van der Waals surface area contributed by atoms with Gasteiger partial charge in [-0.1, -0.05) is 15.9 Å². The monoisotopic (exact) mass is 312 g/mol. The number of nitrogens with zero attached hydrogens (tertiary/aromatic N) is 1. The maximum atomic E-state index is 12.1. The highest BCUT2D eigenvalue weighted by molar-refractivity contribution is 9.09. The van der Waals surface area contributed by atoms with Crippen molar-refractivity contribution in [1.82, 2.24) is 9.97 Å². The number of aryl methyl sites for hydroxylation is 3. The Morgan fingerprint density at radius 2 is 2.18 bits per heavy atom. The van der Waals surface area contributed by atoms with Crippen molar-refractivity contribution in [3.63, 3.8) is 0 Å². The van der Waals surface area contributed by atoms with Crippen LogP contribution in [0.2, 0.25) is 0 Å². The average molecular weight is 313 g/mol. The number of halogens is 1. The van der Waals surface area contributed by atoms with Crippen LogP contribution in [0.1, 0.15) is 29.1 Å². The van der Waals surface area contributed by atoms with Crippen molar-refractivity contribution < 1.29 is 0 Å². The van der Waals surface area contributed by atoms with Crippen molar-refractivity contribution in [3.05, 3.63) is 26.6 Å². The van der Waals surface area contributed by atoms with Gasteiger partial charge in [-0.05, 0) is 31.2 Å². The smallest absolute Gasteiger partial charge is 0.259 e. The Morgan fingerprint density at radius 3 is 3.00 bits per heavy atom. The first-order valence-electron chi connectivity index (χ1n) is 5.89. The minimum Gasteiger partial charge on any atom is -0.310 e. The molecule has 0 atom stereocenters. The quantitative estimate of drug-likeness (QED) is 0.867. The number of thiophene rings is 1. The van der Waals surface area contributed by atoms with Gasteiger partial charge in [0.15, 0.2) is 0 Å². The lowest BCUT2D eigenvalue weighted by molar-refractivity contribution is 0.700. The topological polar surface area (TPSA) is 45.8 Å². The zero-order valence-electron chi connectivity index (χ0n) is 9.38. The van der Waals surface area contributed by atoms with Crippen LogP contribution in [0.3, 0.4) is 0 Å². The molecule has 2 aromatic rings. The zero-order chi connectivity index (χ0) is 11.8. The van der Waals surface area contributed by atoms with E-state index in [0.717, 1.165) is 40.6 Å². The molecule has 0 bridgehead atoms. The predicted octanol–water partition coefficient (Wildman–Crippen LogP) is 2.80. The summed E-state index contributed by atoms with van der Waals surface area (Å²) in [5.74, 6) is 0.790. The third-order valence-corrected chi connectivity index (χ3v) is 4.79. The molecule has 3 nitrogen and oxygen atoms in total. The first-order chi connectivity index (χ1) is 8.29. The molecule has 0 unspecified atom stereocenters. The molecule has 1 aliphatic rings. The first-order valence-corrected chi connectivity index (χ1v) is 7.83. The summed E-state index contributed by atoms with van der Waals surface area (Å²) in [6.45, 7) is 0. The molecule has 0 saturated carbocycles. The second-order valence-corrected chi connectivity index (χ2v) is 6.22. The molecule has 1 N–H and O–H groups in total. The summed E-state index contributed by atoms with van der Waals surface area (Å²) >= 11 is 5.08. The molecule has 0 amide bonds. The van der Waals surface area contributed by atoms with Crippen molar-refractivity contribution in [2.75, 3.05) is 5.33 Å². The van der Waals surface area contributed by atoms with Gasteiger partial charge in [0, 0.05) is 16.6 Å². The van der Waals surface area contributed by atoms with Gasteiger partial charge in [0.25, 0.3) is 5.56 Å². The van der Waals surface area contributed by atoms with E-state index in [1.165, 1.54) is 23.3 Å². The second-order valence-electron chi connectivity index (χ2n) is 4.34. The van der Waals surface area contributed by atoms with Crippen LogP contribution in [0.25, 0.3) is 10.2 Å². The predicted molar refractivity (Wildman–Crippen MR) is 74.4 cm³/mol. The fourth-order valence-electron chi connectivity index (χ4n) is 2.42. The van der Waals surface area contributed by atoms with Crippen LogP contribution < -0.4 is 5.56 Å². The molecule has 0 spiro atoms. The van der Waals surface area contributed by atoms with E-state index >= 15 is 0 Å². The zero-order valence-corrected chi connectivity index (χ0v) is 11.8. The lowest BCUT2D eigenvalue weighted by Crippen LogP contribution is -2.13. The molecule has 3 rings (SSSR count). The van der Waals surface area contributed by atoms with Crippen LogP contribution in [0.4, 0.5) is 0 Å². The lowest BCUT2D eigenvalue weighted by Gasteiger charge is -2.09. The van der Waals surface area contributed by atoms with Crippen LogP contribution in [0, 0.1) is 0 Å². The summed E-state index contributed by atoms with van der Waals surface area (Å²) in [5, 5.41) is 1.68. The summed E-state index contributed by atoms with van der Waals surface area (Å²) in [5.41, 5.74) is 1.31. The van der Waals surface area contributed by atoms with E-state index in [1.807, 2.05) is 0 Å². The molecular formula is C12H13BrN2OS. The number of alkyl halides is 1. The second kappa shape index (κ2) is 4.53. The van der Waals surface area contributed by atoms with Crippen LogP contribution in [-0.4, -0.2) is 15.3 Å². The Morgan fingerprint density at radius 1 is 1.35 bits per heavy atom. The Hall–Kier alpha value is -0.680. The number of H-pyrrole nitrogens is 1. The average Bonchev–Trinajstić information content (AvgIpc) is 2.67. The number of hydrogen-bond donors (Lipinski definition) is 1. The standard InChI is InChI=1S/C12H13BrN2OS/c13-6-5-9-14-11(16)10-7-3-1-2-4-8(7)17-12(10)15-9/h1-6H2,(H,14,15,16). The largest absolute Gasteiger partial charge is 0.310 e. The molecule has 5 heteroatoms. The third-order valence-electron chi connectivity index (χ3n) is 3.21. The van der Waals surface area contributed by atoms with E-state index in [4.69, 9.17) is 0 Å². The number of aromatic nitrogens is 2. The minimum absolute atomic E-state index is 0.0466. The Labute approximate surface area is 111 Å². The Bertz CT molecular complexity index is 617. The van der Waals surface area contributed by atoms with Crippen molar-refractivity contribution in [3.8, 4) is 0 Å². The van der Waals surface area contributed by atoms with E-state index in [9.17, 15) is 4.79 Å². The number of hydrogen-bond acceptors (Lipinski definition) is 3. The maximum absolute atomic E-state index is 12.1. The van der Waals surface area contributed by atoms with Gasteiger partial charge in [-0.2, -0.15) is 0 Å². The maximum Gasteiger partial charge on any atom is 0.259 e. The normalized spacial score (nSPS) is 15.1. The van der Waals surface area contributed by atoms with E-state index < -0.39 is 0 Å². The van der Waals surface area contributed by atoms with E-state index in [1.54, 1.807) is 11.3 Å². The third kappa shape index (κ3) is 1.95. The van der Waals surface area contributed by atoms with Gasteiger partial charge in [0.2, 0.25) is 0 Å². The molecule has 0 radical (unpaired) electrons. The number of aromatic amines is 1. The van der Waals surface area contributed by atoms with Gasteiger partial charge in [0.05, 0.1) is 5.39 Å². The molecule has 1 aliphatic carbocycles. The molecule has 0 aromatic carbocycles. The highest BCUT2D eigenvalue weighted by Crippen LogP contribution is 2.33. The van der Waals surface area contributed by atoms with Gasteiger partial charge in [-0.25, -0.2) is 4.98 Å². The van der Waals surface area contributed by atoms with Gasteiger partial charge in [-0.3, -0.25) is 4.79 Å². The molecular weight excluding hydrogens is 300 g/mol. The summed E-state index contributed by atoms with van der Waals surface area (Å²) in [4.78, 5) is 21.9. The van der Waals surface area contributed by atoms with Crippen molar-refractivity contribution in [2.24, 2.45) is 0 Å². The number of fused-ring (bicyclic) bond motifs is 3. The minimum atomic E-state index is 0.0466. The van der Waals surface area contributed by atoms with Crippen LogP contribution >= 0.6 is 27.3 Å². The summed E-state index contributed by atoms with van der Waals surface area (Å²) in [6.07, 6.45) is 5.36. The van der Waals surface area contributed by atoms with E-state index in [-0.39, 0.29) is 5.56 Å². The molecule has 2 heterocycles. The van der Waals surface area contributed by atoms with Crippen LogP contribution in [0.15, 0.2) is 4.79 Å². The van der Waals surface area contributed by atoms with Crippen molar-refractivity contribution in [1.29, 1.82) is 0 Å². The Balaban J connectivity index is 2.23. The fraction of sp³-hybridized carbons (Fsp3) is 0.500. The first kappa shape index (κ1) is 11.4. The van der Waals surface area contributed by atoms with Crippen LogP contribution in [-0.2, 0) is 19.3 Å². The highest BCUT2D eigenvalue weighted by Gasteiger charge is 2.19. The summed E-state index contributed by atoms with van der Waals surface area (Å²) in [6, 6.07) is 0. The van der Waals surface area contributed by atoms with E-state index in [0.29, 0.717) is 0 Å². The summed E-state index contributed by atoms with van der Waals surface area (Å²) in [7, 11) is 0. The van der Waals surface area contributed by atoms with Gasteiger partial charge >= 0.3 is 0 Å². The van der Waals surface area contributed by atoms with Crippen molar-refractivity contribution >= 4 is 37.5 Å².